The van der Waals surface area contributed by atoms with Gasteiger partial charge in [0.05, 0.1) is 13.2 Å². The van der Waals surface area contributed by atoms with Crippen LogP contribution in [0.5, 0.6) is 0 Å². The predicted molar refractivity (Wildman–Crippen MR) is 71.5 cm³/mol. The number of ether oxygens (including phenoxy) is 1. The summed E-state index contributed by atoms with van der Waals surface area (Å²) in [4.78, 5) is 22.2. The smallest absolute Gasteiger partial charge is 0.254 e. The summed E-state index contributed by atoms with van der Waals surface area (Å²) in [6.45, 7) is 3.59. The van der Waals surface area contributed by atoms with Crippen molar-refractivity contribution in [2.24, 2.45) is 0 Å². The molecule has 0 aromatic carbocycles. The molecular formula is C12H16N6O2. The Bertz CT molecular complexity index is 640. The van der Waals surface area contributed by atoms with Crippen molar-refractivity contribution < 1.29 is 9.53 Å². The summed E-state index contributed by atoms with van der Waals surface area (Å²) in [6, 6.07) is 1.94. The first kappa shape index (κ1) is 12.8. The number of nitrogens with one attached hydrogen (secondary N) is 1. The second kappa shape index (κ2) is 5.04. The maximum Gasteiger partial charge on any atom is 0.254 e. The molecular weight excluding hydrogens is 260 g/mol. The van der Waals surface area contributed by atoms with Crippen LogP contribution in [0.4, 0.5) is 5.82 Å². The van der Waals surface area contributed by atoms with Gasteiger partial charge in [0.25, 0.3) is 11.7 Å². The molecule has 1 fully saturated rings. The summed E-state index contributed by atoms with van der Waals surface area (Å²) in [5, 5.41) is 6.80. The van der Waals surface area contributed by atoms with E-state index in [1.54, 1.807) is 11.6 Å². The van der Waals surface area contributed by atoms with Crippen LogP contribution in [0.15, 0.2) is 12.4 Å². The molecule has 3 rings (SSSR count). The van der Waals surface area contributed by atoms with Crippen LogP contribution in [0, 0.1) is 6.92 Å². The first-order chi connectivity index (χ1) is 9.69. The van der Waals surface area contributed by atoms with Crippen LogP contribution < -0.4 is 10.2 Å². The van der Waals surface area contributed by atoms with Gasteiger partial charge in [-0.1, -0.05) is 0 Å². The van der Waals surface area contributed by atoms with Gasteiger partial charge in [-0.05, 0) is 6.92 Å². The molecule has 1 atom stereocenters. The summed E-state index contributed by atoms with van der Waals surface area (Å²) in [5.74, 6) is 1.32. The third-order valence-electron chi connectivity index (χ3n) is 3.29. The molecule has 8 nitrogen and oxygen atoms in total. The Balaban J connectivity index is 1.94. The lowest BCUT2D eigenvalue weighted by Crippen LogP contribution is -2.49. The van der Waals surface area contributed by atoms with Crippen molar-refractivity contribution in [2.45, 2.75) is 13.0 Å². The number of amides is 1. The minimum absolute atomic E-state index is 0.115. The molecule has 3 heterocycles. The number of likely N-dealkylation sites (N-methyl/N-ethyl adjacent to an activating group) is 1. The number of aryl methyl sites for hydroxylation is 1. The highest BCUT2D eigenvalue weighted by atomic mass is 16.5. The Morgan fingerprint density at radius 1 is 1.55 bits per heavy atom. The molecule has 8 heteroatoms. The molecule has 2 aromatic heterocycles. The zero-order valence-corrected chi connectivity index (χ0v) is 11.4. The molecule has 0 saturated carbocycles. The van der Waals surface area contributed by atoms with E-state index in [1.807, 2.05) is 13.0 Å². The second-order valence-corrected chi connectivity index (χ2v) is 4.65. The van der Waals surface area contributed by atoms with Gasteiger partial charge >= 0.3 is 0 Å². The summed E-state index contributed by atoms with van der Waals surface area (Å²) in [7, 11) is 1.61. The standard InChI is InChI=1S/C12H16N6O2/c1-8-5-10(18-12(16-8)14-7-15-18)17-3-4-20-9(6-17)11(19)13-2/h5,7,9H,3-4,6H2,1-2H3,(H,13,19). The van der Waals surface area contributed by atoms with E-state index in [9.17, 15) is 4.79 Å². The van der Waals surface area contributed by atoms with Gasteiger partial charge in [0.2, 0.25) is 0 Å². The van der Waals surface area contributed by atoms with E-state index in [1.165, 1.54) is 6.33 Å². The average Bonchev–Trinajstić information content (AvgIpc) is 2.93. The third kappa shape index (κ3) is 2.18. The van der Waals surface area contributed by atoms with Gasteiger partial charge in [-0.15, -0.1) is 0 Å². The van der Waals surface area contributed by atoms with E-state index in [4.69, 9.17) is 4.74 Å². The summed E-state index contributed by atoms with van der Waals surface area (Å²) < 4.78 is 7.17. The minimum Gasteiger partial charge on any atom is -0.365 e. The van der Waals surface area contributed by atoms with Gasteiger partial charge in [0.15, 0.2) is 6.10 Å². The molecule has 2 aromatic rings. The van der Waals surface area contributed by atoms with Gasteiger partial charge in [-0.3, -0.25) is 4.79 Å². The SMILES string of the molecule is CNC(=O)C1CN(c2cc(C)nc3ncnn23)CCO1. The van der Waals surface area contributed by atoms with Crippen LogP contribution in [-0.4, -0.2) is 58.3 Å². The number of hydrogen-bond donors (Lipinski definition) is 1. The van der Waals surface area contributed by atoms with E-state index in [-0.39, 0.29) is 5.91 Å². The first-order valence-electron chi connectivity index (χ1n) is 6.44. The Morgan fingerprint density at radius 3 is 3.20 bits per heavy atom. The van der Waals surface area contributed by atoms with Gasteiger partial charge in [0.1, 0.15) is 12.1 Å². The van der Waals surface area contributed by atoms with Crippen molar-refractivity contribution in [3.8, 4) is 0 Å². The topological polar surface area (TPSA) is 84.7 Å². The Kier molecular flexibility index (Phi) is 3.23. The van der Waals surface area contributed by atoms with Crippen LogP contribution in [0.25, 0.3) is 5.78 Å². The summed E-state index contributed by atoms with van der Waals surface area (Å²) in [6.07, 6.45) is 1.00. The zero-order chi connectivity index (χ0) is 14.1. The van der Waals surface area contributed by atoms with Crippen molar-refractivity contribution >= 4 is 17.5 Å². The van der Waals surface area contributed by atoms with E-state index in [0.717, 1.165) is 11.5 Å². The molecule has 1 N–H and O–H groups in total. The van der Waals surface area contributed by atoms with E-state index in [0.29, 0.717) is 25.5 Å². The van der Waals surface area contributed by atoms with Crippen molar-refractivity contribution in [1.82, 2.24) is 24.9 Å². The fourth-order valence-corrected chi connectivity index (χ4v) is 2.31. The molecule has 1 aliphatic rings. The zero-order valence-electron chi connectivity index (χ0n) is 11.4. The number of hydrogen-bond acceptors (Lipinski definition) is 6. The maximum atomic E-state index is 11.7. The van der Waals surface area contributed by atoms with Crippen LogP contribution >= 0.6 is 0 Å². The van der Waals surface area contributed by atoms with E-state index < -0.39 is 6.10 Å². The van der Waals surface area contributed by atoms with Crippen LogP contribution in [0.2, 0.25) is 0 Å². The molecule has 0 radical (unpaired) electrons. The van der Waals surface area contributed by atoms with Gasteiger partial charge in [-0.25, -0.2) is 4.98 Å². The lowest BCUT2D eigenvalue weighted by atomic mass is 10.2. The predicted octanol–water partition coefficient (Wildman–Crippen LogP) is -0.616. The van der Waals surface area contributed by atoms with Crippen LogP contribution in [0.3, 0.4) is 0 Å². The molecule has 1 unspecified atom stereocenters. The average molecular weight is 276 g/mol. The van der Waals surface area contributed by atoms with Crippen molar-refractivity contribution in [1.29, 1.82) is 0 Å². The van der Waals surface area contributed by atoms with Gasteiger partial charge < -0.3 is 15.0 Å². The Morgan fingerprint density at radius 2 is 2.40 bits per heavy atom. The van der Waals surface area contributed by atoms with E-state index in [2.05, 4.69) is 25.3 Å². The number of anilines is 1. The number of carbonyl (C=O) groups excluding carboxylic acids is 1. The third-order valence-corrected chi connectivity index (χ3v) is 3.29. The number of rotatable bonds is 2. The fraction of sp³-hybridized carbons (Fsp3) is 0.500. The molecule has 1 aliphatic heterocycles. The molecule has 0 spiro atoms. The minimum atomic E-state index is -0.471. The highest BCUT2D eigenvalue weighted by Gasteiger charge is 2.27. The first-order valence-corrected chi connectivity index (χ1v) is 6.44. The number of carbonyl (C=O) groups is 1. The fourth-order valence-electron chi connectivity index (χ4n) is 2.31. The van der Waals surface area contributed by atoms with Crippen LogP contribution in [0.1, 0.15) is 5.69 Å². The lowest BCUT2D eigenvalue weighted by molar-refractivity contribution is -0.132. The molecule has 106 valence electrons. The van der Waals surface area contributed by atoms with Crippen molar-refractivity contribution in [3.63, 3.8) is 0 Å². The van der Waals surface area contributed by atoms with E-state index >= 15 is 0 Å². The Hall–Kier alpha value is -2.22. The molecule has 0 aliphatic carbocycles. The Labute approximate surface area is 115 Å². The molecule has 1 amide bonds. The van der Waals surface area contributed by atoms with Crippen molar-refractivity contribution in [2.75, 3.05) is 31.6 Å². The summed E-state index contributed by atoms with van der Waals surface area (Å²) >= 11 is 0. The van der Waals surface area contributed by atoms with Gasteiger partial charge in [-0.2, -0.15) is 14.6 Å². The largest absolute Gasteiger partial charge is 0.365 e. The number of nitrogens with zero attached hydrogens (tertiary/aromatic N) is 5. The maximum absolute atomic E-state index is 11.7. The quantitative estimate of drug-likeness (QED) is 0.787. The monoisotopic (exact) mass is 276 g/mol. The molecule has 20 heavy (non-hydrogen) atoms. The number of morpholine rings is 1. The number of aromatic nitrogens is 4. The second-order valence-electron chi connectivity index (χ2n) is 4.65. The van der Waals surface area contributed by atoms with Crippen LogP contribution in [-0.2, 0) is 9.53 Å². The highest BCUT2D eigenvalue weighted by molar-refractivity contribution is 5.81. The molecule has 1 saturated heterocycles. The number of fused-ring (bicyclic) bond motifs is 1. The molecule has 0 bridgehead atoms. The summed E-state index contributed by atoms with van der Waals surface area (Å²) in [5.41, 5.74) is 0.864. The van der Waals surface area contributed by atoms with Crippen molar-refractivity contribution in [3.05, 3.63) is 18.1 Å². The van der Waals surface area contributed by atoms with Gasteiger partial charge in [0, 0.05) is 25.4 Å². The lowest BCUT2D eigenvalue weighted by Gasteiger charge is -2.33. The normalized spacial score (nSPS) is 19.3. The highest BCUT2D eigenvalue weighted by Crippen LogP contribution is 2.19.